The molecule has 0 radical (unpaired) electrons. The SMILES string of the molecule is CCOc1cc([N+](=O)[O-])c2[nH]c(C(=O)OC)cc2c1. The number of benzene rings is 1. The van der Waals surface area contributed by atoms with Gasteiger partial charge < -0.3 is 14.5 Å². The monoisotopic (exact) mass is 264 g/mol. The maximum absolute atomic E-state index is 11.4. The molecule has 0 aliphatic heterocycles. The van der Waals surface area contributed by atoms with E-state index in [-0.39, 0.29) is 16.9 Å². The van der Waals surface area contributed by atoms with Crippen molar-refractivity contribution in [2.45, 2.75) is 6.92 Å². The van der Waals surface area contributed by atoms with Crippen LogP contribution in [0.4, 0.5) is 5.69 Å². The van der Waals surface area contributed by atoms with Crippen LogP contribution in [0.2, 0.25) is 0 Å². The molecule has 19 heavy (non-hydrogen) atoms. The van der Waals surface area contributed by atoms with Gasteiger partial charge in [-0.25, -0.2) is 4.79 Å². The van der Waals surface area contributed by atoms with Gasteiger partial charge in [0.25, 0.3) is 5.69 Å². The predicted octanol–water partition coefficient (Wildman–Crippen LogP) is 2.26. The molecule has 1 aromatic heterocycles. The van der Waals surface area contributed by atoms with Crippen LogP contribution in [-0.4, -0.2) is 29.6 Å². The molecule has 0 spiro atoms. The number of hydrogen-bond donors (Lipinski definition) is 1. The van der Waals surface area contributed by atoms with Crippen LogP contribution in [0.5, 0.6) is 5.75 Å². The number of fused-ring (bicyclic) bond motifs is 1. The summed E-state index contributed by atoms with van der Waals surface area (Å²) < 4.78 is 9.84. The summed E-state index contributed by atoms with van der Waals surface area (Å²) in [6.07, 6.45) is 0. The number of nitrogens with zero attached hydrogens (tertiary/aromatic N) is 1. The normalized spacial score (nSPS) is 10.4. The van der Waals surface area contributed by atoms with Crippen molar-refractivity contribution in [3.05, 3.63) is 34.0 Å². The minimum atomic E-state index is -0.580. The predicted molar refractivity (Wildman–Crippen MR) is 67.5 cm³/mol. The van der Waals surface area contributed by atoms with Crippen molar-refractivity contribution in [1.82, 2.24) is 4.98 Å². The van der Waals surface area contributed by atoms with Gasteiger partial charge in [-0.1, -0.05) is 0 Å². The van der Waals surface area contributed by atoms with Crippen LogP contribution in [0.15, 0.2) is 18.2 Å². The first-order valence-electron chi connectivity index (χ1n) is 5.59. The number of rotatable bonds is 4. The fourth-order valence-corrected chi connectivity index (χ4v) is 1.81. The Morgan fingerprint density at radius 3 is 2.74 bits per heavy atom. The molecule has 100 valence electrons. The number of non-ortho nitro benzene ring substituents is 1. The fourth-order valence-electron chi connectivity index (χ4n) is 1.81. The lowest BCUT2D eigenvalue weighted by atomic mass is 10.2. The van der Waals surface area contributed by atoms with Crippen LogP contribution < -0.4 is 4.74 Å². The number of H-pyrrole nitrogens is 1. The minimum Gasteiger partial charge on any atom is -0.494 e. The molecular weight excluding hydrogens is 252 g/mol. The number of nitro benzene ring substituents is 1. The van der Waals surface area contributed by atoms with Crippen molar-refractivity contribution >= 4 is 22.6 Å². The highest BCUT2D eigenvalue weighted by Gasteiger charge is 2.19. The molecule has 1 N–H and O–H groups in total. The number of aromatic nitrogens is 1. The molecule has 0 saturated carbocycles. The third-order valence-corrected chi connectivity index (χ3v) is 2.59. The van der Waals surface area contributed by atoms with E-state index >= 15 is 0 Å². The van der Waals surface area contributed by atoms with Crippen molar-refractivity contribution < 1.29 is 19.2 Å². The molecule has 1 aromatic carbocycles. The number of nitro groups is 1. The molecule has 0 aliphatic carbocycles. The molecule has 0 atom stereocenters. The summed E-state index contributed by atoms with van der Waals surface area (Å²) in [5.41, 5.74) is 0.291. The Labute approximate surface area is 108 Å². The summed E-state index contributed by atoms with van der Waals surface area (Å²) in [6, 6.07) is 4.45. The van der Waals surface area contributed by atoms with Gasteiger partial charge in [-0.15, -0.1) is 0 Å². The lowest BCUT2D eigenvalue weighted by molar-refractivity contribution is -0.383. The number of carbonyl (C=O) groups excluding carboxylic acids is 1. The molecule has 0 amide bonds. The second-order valence-electron chi connectivity index (χ2n) is 3.77. The molecule has 2 rings (SSSR count). The number of methoxy groups -OCH3 is 1. The summed E-state index contributed by atoms with van der Waals surface area (Å²) >= 11 is 0. The van der Waals surface area contributed by atoms with E-state index in [9.17, 15) is 14.9 Å². The minimum absolute atomic E-state index is 0.142. The van der Waals surface area contributed by atoms with Gasteiger partial charge in [0.05, 0.1) is 24.7 Å². The van der Waals surface area contributed by atoms with E-state index < -0.39 is 10.9 Å². The van der Waals surface area contributed by atoms with Gasteiger partial charge in [-0.2, -0.15) is 0 Å². The van der Waals surface area contributed by atoms with Crippen molar-refractivity contribution in [3.8, 4) is 5.75 Å². The molecule has 0 unspecified atom stereocenters. The lowest BCUT2D eigenvalue weighted by Crippen LogP contribution is -2.00. The first-order valence-corrected chi connectivity index (χ1v) is 5.59. The van der Waals surface area contributed by atoms with E-state index in [1.807, 2.05) is 0 Å². The fraction of sp³-hybridized carbons (Fsp3) is 0.250. The first kappa shape index (κ1) is 12.9. The van der Waals surface area contributed by atoms with E-state index in [1.54, 1.807) is 13.0 Å². The van der Waals surface area contributed by atoms with Crippen molar-refractivity contribution in [1.29, 1.82) is 0 Å². The van der Waals surface area contributed by atoms with E-state index in [4.69, 9.17) is 4.74 Å². The van der Waals surface area contributed by atoms with Crippen LogP contribution in [0.25, 0.3) is 10.9 Å². The molecule has 1 heterocycles. The second kappa shape index (κ2) is 4.97. The zero-order valence-corrected chi connectivity index (χ0v) is 10.4. The maximum atomic E-state index is 11.4. The van der Waals surface area contributed by atoms with Crippen LogP contribution in [-0.2, 0) is 4.74 Å². The van der Waals surface area contributed by atoms with Gasteiger partial charge in [0.2, 0.25) is 0 Å². The largest absolute Gasteiger partial charge is 0.494 e. The molecule has 7 heteroatoms. The summed E-state index contributed by atoms with van der Waals surface area (Å²) in [6.45, 7) is 2.18. The summed E-state index contributed by atoms with van der Waals surface area (Å²) in [5.74, 6) is -0.194. The smallest absolute Gasteiger partial charge is 0.354 e. The molecule has 7 nitrogen and oxygen atoms in total. The number of aromatic amines is 1. The Balaban J connectivity index is 2.64. The van der Waals surface area contributed by atoms with Gasteiger partial charge in [-0.05, 0) is 19.1 Å². The van der Waals surface area contributed by atoms with Gasteiger partial charge in [0, 0.05) is 5.39 Å². The van der Waals surface area contributed by atoms with Gasteiger partial charge in [-0.3, -0.25) is 10.1 Å². The highest BCUT2D eigenvalue weighted by molar-refractivity contribution is 5.98. The van der Waals surface area contributed by atoms with Crippen LogP contribution in [0, 0.1) is 10.1 Å². The Morgan fingerprint density at radius 1 is 1.42 bits per heavy atom. The Hall–Kier alpha value is -2.57. The van der Waals surface area contributed by atoms with E-state index in [0.29, 0.717) is 17.7 Å². The van der Waals surface area contributed by atoms with Crippen LogP contribution >= 0.6 is 0 Å². The van der Waals surface area contributed by atoms with E-state index in [0.717, 1.165) is 0 Å². The molecule has 2 aromatic rings. The van der Waals surface area contributed by atoms with Crippen LogP contribution in [0.3, 0.4) is 0 Å². The Morgan fingerprint density at radius 2 is 2.16 bits per heavy atom. The average molecular weight is 264 g/mol. The van der Waals surface area contributed by atoms with Crippen molar-refractivity contribution in [2.75, 3.05) is 13.7 Å². The molecule has 0 fully saturated rings. The van der Waals surface area contributed by atoms with Gasteiger partial charge >= 0.3 is 5.97 Å². The first-order chi connectivity index (χ1) is 9.06. The molecule has 0 aliphatic rings. The quantitative estimate of drug-likeness (QED) is 0.519. The molecule has 0 saturated heterocycles. The Bertz CT molecular complexity index is 647. The molecular formula is C12H12N2O5. The third-order valence-electron chi connectivity index (χ3n) is 2.59. The topological polar surface area (TPSA) is 94.5 Å². The zero-order valence-electron chi connectivity index (χ0n) is 10.4. The lowest BCUT2D eigenvalue weighted by Gasteiger charge is -2.03. The van der Waals surface area contributed by atoms with Crippen LogP contribution in [0.1, 0.15) is 17.4 Å². The highest BCUT2D eigenvalue weighted by Crippen LogP contribution is 2.31. The van der Waals surface area contributed by atoms with Gasteiger partial charge in [0.15, 0.2) is 0 Å². The number of carbonyl (C=O) groups is 1. The number of nitrogens with one attached hydrogen (secondary N) is 1. The van der Waals surface area contributed by atoms with Gasteiger partial charge in [0.1, 0.15) is 17.0 Å². The third kappa shape index (κ3) is 2.35. The van der Waals surface area contributed by atoms with Crippen molar-refractivity contribution in [3.63, 3.8) is 0 Å². The van der Waals surface area contributed by atoms with E-state index in [2.05, 4.69) is 9.72 Å². The standard InChI is InChI=1S/C12H12N2O5/c1-3-19-8-4-7-5-9(12(15)18-2)13-11(7)10(6-8)14(16)17/h4-6,13H,3H2,1-2H3. The summed E-state index contributed by atoms with van der Waals surface area (Å²) in [4.78, 5) is 24.6. The second-order valence-corrected chi connectivity index (χ2v) is 3.77. The number of ether oxygens (including phenoxy) is 2. The zero-order chi connectivity index (χ0) is 14.0. The average Bonchev–Trinajstić information content (AvgIpc) is 2.80. The Kier molecular flexibility index (Phi) is 3.37. The highest BCUT2D eigenvalue weighted by atomic mass is 16.6. The van der Waals surface area contributed by atoms with Crippen molar-refractivity contribution in [2.24, 2.45) is 0 Å². The number of hydrogen-bond acceptors (Lipinski definition) is 5. The summed E-state index contributed by atoms with van der Waals surface area (Å²) in [7, 11) is 1.24. The maximum Gasteiger partial charge on any atom is 0.354 e. The van der Waals surface area contributed by atoms with E-state index in [1.165, 1.54) is 19.2 Å². The summed E-state index contributed by atoms with van der Waals surface area (Å²) in [5, 5.41) is 11.6. The number of esters is 1. The molecule has 0 bridgehead atoms.